The van der Waals surface area contributed by atoms with Gasteiger partial charge in [0.1, 0.15) is 12.2 Å². The standard InChI is InChI=1S/C21H38O7/c1-13(2)11-21(10,17(23)24)12-26-18(25)28-20(8,9)19(6,7)15(5)16(22)27-14(3)4/h13-15H,11-12H2,1-10H3,(H,23,24). The number of ether oxygens (including phenoxy) is 3. The predicted octanol–water partition coefficient (Wildman–Crippen LogP) is 4.67. The number of carbonyl (C=O) groups is 3. The van der Waals surface area contributed by atoms with Crippen LogP contribution in [0.25, 0.3) is 0 Å². The minimum atomic E-state index is -1.19. The summed E-state index contributed by atoms with van der Waals surface area (Å²) in [5.74, 6) is -1.81. The third-order valence-electron chi connectivity index (χ3n) is 5.56. The Bertz CT molecular complexity index is 563. The fourth-order valence-electron chi connectivity index (χ4n) is 2.85. The van der Waals surface area contributed by atoms with E-state index in [1.807, 2.05) is 27.7 Å². The van der Waals surface area contributed by atoms with Crippen molar-refractivity contribution < 1.29 is 33.7 Å². The number of carbonyl (C=O) groups excluding carboxylic acids is 2. The molecule has 28 heavy (non-hydrogen) atoms. The SMILES string of the molecule is CC(C)CC(C)(COC(=O)OC(C)(C)C(C)(C)C(C)C(=O)OC(C)C)C(=O)O. The van der Waals surface area contributed by atoms with Crippen LogP contribution in [-0.2, 0) is 23.8 Å². The second-order valence-corrected chi connectivity index (χ2v) is 9.54. The molecule has 164 valence electrons. The molecule has 1 N–H and O–H groups in total. The minimum Gasteiger partial charge on any atom is -0.481 e. The topological polar surface area (TPSA) is 99.1 Å². The van der Waals surface area contributed by atoms with Gasteiger partial charge in [-0.2, -0.15) is 0 Å². The van der Waals surface area contributed by atoms with Crippen LogP contribution >= 0.6 is 0 Å². The van der Waals surface area contributed by atoms with Crippen LogP contribution in [-0.4, -0.2) is 41.5 Å². The van der Waals surface area contributed by atoms with Crippen LogP contribution in [0.3, 0.4) is 0 Å². The number of hydrogen-bond donors (Lipinski definition) is 1. The van der Waals surface area contributed by atoms with Crippen LogP contribution < -0.4 is 0 Å². The molecule has 0 spiro atoms. The Morgan fingerprint density at radius 2 is 1.43 bits per heavy atom. The fourth-order valence-corrected chi connectivity index (χ4v) is 2.85. The highest BCUT2D eigenvalue weighted by molar-refractivity contribution is 5.75. The smallest absolute Gasteiger partial charge is 0.481 e. The maximum absolute atomic E-state index is 12.3. The average molecular weight is 403 g/mol. The van der Waals surface area contributed by atoms with Gasteiger partial charge >= 0.3 is 18.1 Å². The Kier molecular flexibility index (Phi) is 9.00. The molecule has 0 aromatic carbocycles. The maximum atomic E-state index is 12.3. The molecule has 0 aliphatic heterocycles. The molecule has 0 fully saturated rings. The minimum absolute atomic E-state index is 0.129. The zero-order chi connectivity index (χ0) is 22.5. The highest BCUT2D eigenvalue weighted by atomic mass is 16.7. The van der Waals surface area contributed by atoms with Crippen molar-refractivity contribution >= 4 is 18.1 Å². The molecule has 0 aliphatic carbocycles. The maximum Gasteiger partial charge on any atom is 0.508 e. The Morgan fingerprint density at radius 1 is 0.929 bits per heavy atom. The first-order valence-electron chi connectivity index (χ1n) is 9.76. The molecule has 0 aliphatic rings. The largest absolute Gasteiger partial charge is 0.508 e. The van der Waals surface area contributed by atoms with Gasteiger partial charge in [0.2, 0.25) is 0 Å². The molecule has 0 aromatic heterocycles. The van der Waals surface area contributed by atoms with Gasteiger partial charge in [-0.25, -0.2) is 4.79 Å². The quantitative estimate of drug-likeness (QED) is 0.530. The predicted molar refractivity (Wildman–Crippen MR) is 106 cm³/mol. The summed E-state index contributed by atoms with van der Waals surface area (Å²) >= 11 is 0. The summed E-state index contributed by atoms with van der Waals surface area (Å²) in [6, 6.07) is 0. The first-order valence-corrected chi connectivity index (χ1v) is 9.76. The van der Waals surface area contributed by atoms with Gasteiger partial charge < -0.3 is 19.3 Å². The van der Waals surface area contributed by atoms with E-state index < -0.39 is 34.5 Å². The third kappa shape index (κ3) is 6.99. The van der Waals surface area contributed by atoms with Crippen molar-refractivity contribution in [3.63, 3.8) is 0 Å². The number of carboxylic acids is 1. The number of carboxylic acid groups (broad SMARTS) is 1. The molecular formula is C21H38O7. The summed E-state index contributed by atoms with van der Waals surface area (Å²) in [6.07, 6.45) is -0.837. The van der Waals surface area contributed by atoms with E-state index in [1.54, 1.807) is 41.5 Å². The van der Waals surface area contributed by atoms with Crippen LogP contribution in [0.15, 0.2) is 0 Å². The molecule has 0 amide bonds. The second kappa shape index (κ2) is 9.61. The van der Waals surface area contributed by atoms with Crippen molar-refractivity contribution in [3.05, 3.63) is 0 Å². The van der Waals surface area contributed by atoms with Gasteiger partial charge in [-0.1, -0.05) is 34.6 Å². The second-order valence-electron chi connectivity index (χ2n) is 9.54. The summed E-state index contributed by atoms with van der Waals surface area (Å²) in [6.45, 7) is 17.3. The van der Waals surface area contributed by atoms with Crippen LogP contribution in [0.4, 0.5) is 4.79 Å². The van der Waals surface area contributed by atoms with Gasteiger partial charge in [0.05, 0.1) is 17.4 Å². The summed E-state index contributed by atoms with van der Waals surface area (Å²) in [5.41, 5.74) is -3.01. The highest BCUT2D eigenvalue weighted by Crippen LogP contribution is 2.41. The monoisotopic (exact) mass is 402 g/mol. The number of hydrogen-bond acceptors (Lipinski definition) is 6. The molecule has 0 rings (SSSR count). The lowest BCUT2D eigenvalue weighted by atomic mass is 9.68. The number of rotatable bonds is 10. The lowest BCUT2D eigenvalue weighted by Gasteiger charge is -2.43. The number of aliphatic carboxylic acids is 1. The van der Waals surface area contributed by atoms with Crippen molar-refractivity contribution in [1.82, 2.24) is 0 Å². The van der Waals surface area contributed by atoms with E-state index in [-0.39, 0.29) is 24.6 Å². The van der Waals surface area contributed by atoms with E-state index in [0.717, 1.165) is 0 Å². The van der Waals surface area contributed by atoms with Gasteiger partial charge in [-0.15, -0.1) is 0 Å². The van der Waals surface area contributed by atoms with Crippen molar-refractivity contribution in [2.45, 2.75) is 87.4 Å². The molecule has 0 radical (unpaired) electrons. The Morgan fingerprint density at radius 3 is 1.82 bits per heavy atom. The van der Waals surface area contributed by atoms with Crippen molar-refractivity contribution in [2.24, 2.45) is 22.7 Å². The molecule has 7 heteroatoms. The lowest BCUT2D eigenvalue weighted by Crippen LogP contribution is -2.50. The third-order valence-corrected chi connectivity index (χ3v) is 5.56. The van der Waals surface area contributed by atoms with E-state index in [4.69, 9.17) is 14.2 Å². The molecule has 0 aromatic rings. The molecule has 0 heterocycles. The zero-order valence-electron chi connectivity index (χ0n) is 19.0. The average Bonchev–Trinajstić information content (AvgIpc) is 2.50. The highest BCUT2D eigenvalue weighted by Gasteiger charge is 2.48. The van der Waals surface area contributed by atoms with Crippen molar-refractivity contribution in [1.29, 1.82) is 0 Å². The molecule has 0 bridgehead atoms. The van der Waals surface area contributed by atoms with Gasteiger partial charge in [-0.05, 0) is 47.0 Å². The van der Waals surface area contributed by atoms with Gasteiger partial charge in [-0.3, -0.25) is 9.59 Å². The first kappa shape index (κ1) is 26.2. The van der Waals surface area contributed by atoms with E-state index in [1.165, 1.54) is 0 Å². The fraction of sp³-hybridized carbons (Fsp3) is 0.857. The summed E-state index contributed by atoms with van der Waals surface area (Å²) in [4.78, 5) is 36.2. The van der Waals surface area contributed by atoms with E-state index in [0.29, 0.717) is 6.42 Å². The van der Waals surface area contributed by atoms with Gasteiger partial charge in [0.15, 0.2) is 0 Å². The van der Waals surface area contributed by atoms with Crippen LogP contribution in [0.1, 0.15) is 75.7 Å². The van der Waals surface area contributed by atoms with E-state index >= 15 is 0 Å². The molecule has 2 unspecified atom stereocenters. The zero-order valence-corrected chi connectivity index (χ0v) is 19.0. The summed E-state index contributed by atoms with van der Waals surface area (Å²) in [5, 5.41) is 9.48. The van der Waals surface area contributed by atoms with Gasteiger partial charge in [0.25, 0.3) is 0 Å². The first-order chi connectivity index (χ1) is 12.5. The molecule has 0 saturated heterocycles. The molecule has 7 nitrogen and oxygen atoms in total. The Hall–Kier alpha value is -1.79. The normalized spacial score (nSPS) is 15.7. The lowest BCUT2D eigenvalue weighted by molar-refractivity contribution is -0.167. The van der Waals surface area contributed by atoms with Crippen molar-refractivity contribution in [2.75, 3.05) is 6.61 Å². The van der Waals surface area contributed by atoms with E-state index in [9.17, 15) is 19.5 Å². The van der Waals surface area contributed by atoms with Gasteiger partial charge in [0, 0.05) is 5.41 Å². The number of esters is 1. The molecular weight excluding hydrogens is 364 g/mol. The molecule has 2 atom stereocenters. The Labute approximate surface area is 169 Å². The van der Waals surface area contributed by atoms with E-state index in [2.05, 4.69) is 0 Å². The van der Waals surface area contributed by atoms with Crippen LogP contribution in [0, 0.1) is 22.7 Å². The molecule has 0 saturated carbocycles. The summed E-state index contributed by atoms with van der Waals surface area (Å²) in [7, 11) is 0. The Balaban J connectivity index is 5.14. The van der Waals surface area contributed by atoms with Crippen LogP contribution in [0.2, 0.25) is 0 Å². The van der Waals surface area contributed by atoms with Crippen molar-refractivity contribution in [3.8, 4) is 0 Å². The van der Waals surface area contributed by atoms with Crippen LogP contribution in [0.5, 0.6) is 0 Å². The summed E-state index contributed by atoms with van der Waals surface area (Å²) < 4.78 is 15.9.